The Kier molecular flexibility index (Phi) is 7.34. The van der Waals surface area contributed by atoms with Crippen LogP contribution in [0.25, 0.3) is 0 Å². The third-order valence-corrected chi connectivity index (χ3v) is 4.35. The van der Waals surface area contributed by atoms with E-state index in [9.17, 15) is 4.79 Å². The fraction of sp³-hybridized carbons (Fsp3) is 0.421. The minimum absolute atomic E-state index is 0. The number of carbonyl (C=O) groups excluding carboxylic acids is 1. The number of carbonyl (C=O) groups is 1. The molecular formula is C19H25ClN2O3. The van der Waals surface area contributed by atoms with Gasteiger partial charge >= 0.3 is 0 Å². The van der Waals surface area contributed by atoms with Crippen LogP contribution in [0.4, 0.5) is 0 Å². The zero-order chi connectivity index (χ0) is 16.8. The molecule has 0 aliphatic heterocycles. The number of benzene rings is 1. The van der Waals surface area contributed by atoms with E-state index >= 15 is 0 Å². The van der Waals surface area contributed by atoms with Crippen LogP contribution in [0.2, 0.25) is 0 Å². The van der Waals surface area contributed by atoms with Crippen LogP contribution in [0.15, 0.2) is 41.0 Å². The molecule has 0 bridgehead atoms. The molecule has 1 aliphatic rings. The van der Waals surface area contributed by atoms with Crippen molar-refractivity contribution in [3.8, 4) is 5.75 Å². The van der Waals surface area contributed by atoms with Crippen molar-refractivity contribution < 1.29 is 13.9 Å². The van der Waals surface area contributed by atoms with Gasteiger partial charge in [0.1, 0.15) is 17.8 Å². The molecule has 0 saturated heterocycles. The number of halogens is 1. The van der Waals surface area contributed by atoms with Crippen molar-refractivity contribution in [3.05, 3.63) is 53.5 Å². The molecule has 1 aliphatic carbocycles. The lowest BCUT2D eigenvalue weighted by molar-refractivity contribution is 0.0950. The highest BCUT2D eigenvalue weighted by Gasteiger charge is 2.14. The van der Waals surface area contributed by atoms with Gasteiger partial charge in [0, 0.05) is 6.54 Å². The van der Waals surface area contributed by atoms with Crippen LogP contribution in [-0.4, -0.2) is 12.0 Å². The summed E-state index contributed by atoms with van der Waals surface area (Å²) >= 11 is 0. The Hall–Kier alpha value is -1.98. The number of hydrogen-bond donors (Lipinski definition) is 2. The van der Waals surface area contributed by atoms with Gasteiger partial charge < -0.3 is 20.2 Å². The second-order valence-corrected chi connectivity index (χ2v) is 6.21. The maximum atomic E-state index is 12.0. The van der Waals surface area contributed by atoms with E-state index in [2.05, 4.69) is 5.32 Å². The van der Waals surface area contributed by atoms with E-state index in [1.54, 1.807) is 6.07 Å². The van der Waals surface area contributed by atoms with E-state index in [-0.39, 0.29) is 24.9 Å². The Labute approximate surface area is 154 Å². The Morgan fingerprint density at radius 1 is 1.20 bits per heavy atom. The average molecular weight is 365 g/mol. The first-order valence-electron chi connectivity index (χ1n) is 8.56. The zero-order valence-corrected chi connectivity index (χ0v) is 15.0. The van der Waals surface area contributed by atoms with E-state index in [1.807, 2.05) is 24.3 Å². The standard InChI is InChI=1S/C19H24N2O3.ClH/c20-11-18-10-15(13-23-18)19(22)21-12-14-6-8-17(9-7-14)24-16-4-2-1-3-5-16;/h6-10,13,16H,1-5,11-12,20H2,(H,21,22);1H. The molecule has 3 N–H and O–H groups in total. The SMILES string of the molecule is Cl.NCc1cc(C(=O)NCc2ccc(OC3CCCCC3)cc2)co1. The van der Waals surface area contributed by atoms with E-state index in [1.165, 1.54) is 25.5 Å². The number of amides is 1. The highest BCUT2D eigenvalue weighted by Crippen LogP contribution is 2.23. The van der Waals surface area contributed by atoms with Crippen molar-refractivity contribution in [2.45, 2.75) is 51.3 Å². The molecule has 25 heavy (non-hydrogen) atoms. The number of nitrogens with two attached hydrogens (primary N) is 1. The molecule has 136 valence electrons. The van der Waals surface area contributed by atoms with Crippen LogP contribution in [0.1, 0.15) is 53.8 Å². The maximum absolute atomic E-state index is 12.0. The monoisotopic (exact) mass is 364 g/mol. The minimum atomic E-state index is -0.166. The minimum Gasteiger partial charge on any atom is -0.490 e. The fourth-order valence-corrected chi connectivity index (χ4v) is 2.95. The Morgan fingerprint density at radius 2 is 1.92 bits per heavy atom. The maximum Gasteiger partial charge on any atom is 0.254 e. The molecule has 1 aromatic heterocycles. The molecule has 1 saturated carbocycles. The van der Waals surface area contributed by atoms with Crippen molar-refractivity contribution in [1.29, 1.82) is 0 Å². The van der Waals surface area contributed by atoms with Gasteiger partial charge in [-0.15, -0.1) is 12.4 Å². The smallest absolute Gasteiger partial charge is 0.254 e. The summed E-state index contributed by atoms with van der Waals surface area (Å²) in [7, 11) is 0. The summed E-state index contributed by atoms with van der Waals surface area (Å²) in [6, 6.07) is 9.58. The molecule has 1 amide bonds. The highest BCUT2D eigenvalue weighted by atomic mass is 35.5. The number of furan rings is 1. The van der Waals surface area contributed by atoms with Gasteiger partial charge in [-0.2, -0.15) is 0 Å². The van der Waals surface area contributed by atoms with Crippen molar-refractivity contribution in [2.75, 3.05) is 0 Å². The zero-order valence-electron chi connectivity index (χ0n) is 14.2. The number of ether oxygens (including phenoxy) is 1. The van der Waals surface area contributed by atoms with Crippen LogP contribution in [-0.2, 0) is 13.1 Å². The summed E-state index contributed by atoms with van der Waals surface area (Å²) in [5.74, 6) is 1.34. The second-order valence-electron chi connectivity index (χ2n) is 6.21. The molecule has 6 heteroatoms. The topological polar surface area (TPSA) is 77.5 Å². The molecule has 2 aromatic rings. The first-order chi connectivity index (χ1) is 11.7. The Bertz CT molecular complexity index is 664. The average Bonchev–Trinajstić information content (AvgIpc) is 3.11. The lowest BCUT2D eigenvalue weighted by atomic mass is 9.98. The summed E-state index contributed by atoms with van der Waals surface area (Å²) in [4.78, 5) is 12.0. The molecule has 3 rings (SSSR count). The van der Waals surface area contributed by atoms with E-state index in [4.69, 9.17) is 14.9 Å². The van der Waals surface area contributed by atoms with Gasteiger partial charge in [0.25, 0.3) is 5.91 Å². The molecule has 0 atom stereocenters. The molecule has 1 heterocycles. The van der Waals surface area contributed by atoms with Crippen molar-refractivity contribution in [3.63, 3.8) is 0 Å². The van der Waals surface area contributed by atoms with Gasteiger partial charge in [-0.1, -0.05) is 18.6 Å². The predicted octanol–water partition coefficient (Wildman–Crippen LogP) is 3.80. The van der Waals surface area contributed by atoms with E-state index < -0.39 is 0 Å². The van der Waals surface area contributed by atoms with E-state index in [0.29, 0.717) is 24.0 Å². The lowest BCUT2D eigenvalue weighted by Crippen LogP contribution is -2.22. The second kappa shape index (κ2) is 9.49. The van der Waals surface area contributed by atoms with Gasteiger partial charge in [-0.3, -0.25) is 4.79 Å². The van der Waals surface area contributed by atoms with Gasteiger partial charge in [0.15, 0.2) is 0 Å². The Morgan fingerprint density at radius 3 is 2.56 bits per heavy atom. The van der Waals surface area contributed by atoms with Gasteiger partial charge in [0.2, 0.25) is 0 Å². The number of rotatable bonds is 6. The summed E-state index contributed by atoms with van der Waals surface area (Å²) in [6.45, 7) is 0.751. The number of nitrogens with one attached hydrogen (secondary N) is 1. The molecule has 5 nitrogen and oxygen atoms in total. The first kappa shape index (κ1) is 19.3. The predicted molar refractivity (Wildman–Crippen MR) is 99.0 cm³/mol. The highest BCUT2D eigenvalue weighted by molar-refractivity contribution is 5.93. The van der Waals surface area contributed by atoms with Crippen molar-refractivity contribution in [2.24, 2.45) is 5.73 Å². The summed E-state index contributed by atoms with van der Waals surface area (Å²) in [6.07, 6.45) is 7.91. The molecule has 1 fully saturated rings. The third kappa shape index (κ3) is 5.51. The van der Waals surface area contributed by atoms with E-state index in [0.717, 1.165) is 24.2 Å². The lowest BCUT2D eigenvalue weighted by Gasteiger charge is -2.23. The largest absolute Gasteiger partial charge is 0.490 e. The quantitative estimate of drug-likeness (QED) is 0.817. The van der Waals surface area contributed by atoms with Crippen molar-refractivity contribution in [1.82, 2.24) is 5.32 Å². The fourth-order valence-electron chi connectivity index (χ4n) is 2.95. The third-order valence-electron chi connectivity index (χ3n) is 4.35. The number of hydrogen-bond acceptors (Lipinski definition) is 4. The molecular weight excluding hydrogens is 340 g/mol. The molecule has 1 aromatic carbocycles. The van der Waals surface area contributed by atoms with Crippen LogP contribution in [0, 0.1) is 0 Å². The van der Waals surface area contributed by atoms with Crippen LogP contribution < -0.4 is 15.8 Å². The molecule has 0 spiro atoms. The van der Waals surface area contributed by atoms with Crippen LogP contribution in [0.3, 0.4) is 0 Å². The Balaban J connectivity index is 0.00000225. The van der Waals surface area contributed by atoms with Crippen molar-refractivity contribution >= 4 is 18.3 Å². The van der Waals surface area contributed by atoms with Crippen LogP contribution in [0.5, 0.6) is 5.75 Å². The summed E-state index contributed by atoms with van der Waals surface area (Å²) in [5.41, 5.74) is 6.99. The van der Waals surface area contributed by atoms with Gasteiger partial charge in [-0.05, 0) is 49.4 Å². The summed E-state index contributed by atoms with van der Waals surface area (Å²) < 4.78 is 11.2. The molecule has 0 radical (unpaired) electrons. The van der Waals surface area contributed by atoms with Crippen LogP contribution >= 0.6 is 12.4 Å². The van der Waals surface area contributed by atoms with Gasteiger partial charge in [0.05, 0.1) is 18.2 Å². The normalized spacial score (nSPS) is 14.6. The van der Waals surface area contributed by atoms with Gasteiger partial charge in [-0.25, -0.2) is 0 Å². The molecule has 0 unspecified atom stereocenters. The summed E-state index contributed by atoms with van der Waals surface area (Å²) in [5, 5.41) is 2.87. The first-order valence-corrected chi connectivity index (χ1v) is 8.56.